The molecule has 5 atom stereocenters. The summed E-state index contributed by atoms with van der Waals surface area (Å²) < 4.78 is 16.4. The molecule has 3 aromatic rings. The highest BCUT2D eigenvalue weighted by atomic mass is 16.6. The van der Waals surface area contributed by atoms with Crippen LogP contribution in [0.2, 0.25) is 0 Å². The largest absolute Gasteiger partial charge is 0.507 e. The lowest BCUT2D eigenvalue weighted by atomic mass is 9.83. The minimum absolute atomic E-state index is 0.0495. The molecule has 0 saturated carbocycles. The number of ketones is 1. The molecule has 0 radical (unpaired) electrons. The minimum atomic E-state index is -1.28. The van der Waals surface area contributed by atoms with Gasteiger partial charge in [-0.2, -0.15) is 0 Å². The average Bonchev–Trinajstić information content (AvgIpc) is 3.06. The quantitative estimate of drug-likeness (QED) is 0.107. The number of hydrogen-bond donors (Lipinski definition) is 5. The molecule has 5 N–H and O–H groups in total. The third-order valence-electron chi connectivity index (χ3n) is 8.71. The number of phenols is 1. The van der Waals surface area contributed by atoms with E-state index >= 15 is 0 Å². The van der Waals surface area contributed by atoms with Gasteiger partial charge in [-0.05, 0) is 67.9 Å². The van der Waals surface area contributed by atoms with Crippen molar-refractivity contribution in [3.05, 3.63) is 89.5 Å². The van der Waals surface area contributed by atoms with Crippen LogP contribution in [-0.4, -0.2) is 72.1 Å². The average molecular weight is 706 g/mol. The zero-order valence-corrected chi connectivity index (χ0v) is 31.9. The van der Waals surface area contributed by atoms with E-state index < -0.39 is 47.3 Å². The van der Waals surface area contributed by atoms with Crippen molar-refractivity contribution in [1.82, 2.24) is 16.0 Å². The van der Waals surface area contributed by atoms with E-state index in [0.29, 0.717) is 23.5 Å². The Hall–Kier alpha value is -3.96. The van der Waals surface area contributed by atoms with Crippen molar-refractivity contribution in [2.75, 3.05) is 14.2 Å². The molecule has 3 rings (SSSR count). The summed E-state index contributed by atoms with van der Waals surface area (Å²) in [5.74, 6) is 0.433. The maximum Gasteiger partial charge on any atom is 0.324 e. The topological polar surface area (TPSA) is 138 Å². The highest BCUT2D eigenvalue weighted by Gasteiger charge is 2.42. The Morgan fingerprint density at radius 1 is 0.765 bits per heavy atom. The van der Waals surface area contributed by atoms with Gasteiger partial charge < -0.3 is 35.1 Å². The van der Waals surface area contributed by atoms with Gasteiger partial charge in [-0.1, -0.05) is 83.1 Å². The smallest absolute Gasteiger partial charge is 0.324 e. The third-order valence-corrected chi connectivity index (χ3v) is 8.71. The standard InChI is InChI=1S/C41H59N3O7/c1-26(2)34(43-25-29-18-21-31(50-10)23-33(29)45)37(47)35(42-24-28-16-19-30(49-9)20-17-28)36(46)32(22-27-14-12-11-13-15-27)44-38(40(3,4)5)39(48)51-41(6,7)8/h11-21,23,26,32,34-36,38,42-46H,22,24-25H2,1-10H3/t32-,34+,35+,36+,38-/m0/s1. The van der Waals surface area contributed by atoms with Crippen LogP contribution in [0.4, 0.5) is 0 Å². The van der Waals surface area contributed by atoms with Crippen LogP contribution >= 0.6 is 0 Å². The normalized spacial score (nSPS) is 15.1. The van der Waals surface area contributed by atoms with E-state index in [2.05, 4.69) is 16.0 Å². The van der Waals surface area contributed by atoms with Gasteiger partial charge in [0.15, 0.2) is 5.78 Å². The molecular weight excluding hydrogens is 646 g/mol. The van der Waals surface area contributed by atoms with E-state index in [4.69, 9.17) is 14.2 Å². The van der Waals surface area contributed by atoms with E-state index in [-0.39, 0.29) is 30.5 Å². The molecule has 280 valence electrons. The number of Topliss-reactive ketones (excluding diaryl/α,β-unsaturated/α-hetero) is 1. The number of rotatable bonds is 18. The van der Waals surface area contributed by atoms with Crippen molar-refractivity contribution in [2.45, 2.75) is 111 Å². The summed E-state index contributed by atoms with van der Waals surface area (Å²) in [6, 6.07) is 18.9. The lowest BCUT2D eigenvalue weighted by Gasteiger charge is -2.39. The van der Waals surface area contributed by atoms with Gasteiger partial charge in [0.1, 0.15) is 28.9 Å². The molecule has 0 saturated heterocycles. The number of phenolic OH excluding ortho intramolecular Hbond substituents is 1. The predicted molar refractivity (Wildman–Crippen MR) is 201 cm³/mol. The van der Waals surface area contributed by atoms with Crippen LogP contribution in [0, 0.1) is 11.3 Å². The maximum atomic E-state index is 14.7. The number of nitrogens with one attached hydrogen (secondary N) is 3. The Balaban J connectivity index is 2.04. The van der Waals surface area contributed by atoms with Crippen LogP contribution < -0.4 is 25.4 Å². The van der Waals surface area contributed by atoms with Crippen LogP contribution in [0.25, 0.3) is 0 Å². The first-order valence-electron chi connectivity index (χ1n) is 17.6. The monoisotopic (exact) mass is 705 g/mol. The van der Waals surface area contributed by atoms with Gasteiger partial charge >= 0.3 is 5.97 Å². The van der Waals surface area contributed by atoms with Crippen molar-refractivity contribution < 1.29 is 34.0 Å². The molecule has 0 aliphatic rings. The number of aromatic hydroxyl groups is 1. The number of carbonyl (C=O) groups is 2. The molecule has 0 amide bonds. The molecule has 0 heterocycles. The number of carbonyl (C=O) groups excluding carboxylic acids is 2. The highest BCUT2D eigenvalue weighted by molar-refractivity contribution is 5.90. The Bertz CT molecular complexity index is 1530. The maximum absolute atomic E-state index is 14.7. The molecule has 0 fully saturated rings. The van der Waals surface area contributed by atoms with E-state index in [1.807, 2.05) is 110 Å². The summed E-state index contributed by atoms with van der Waals surface area (Å²) in [6.07, 6.45) is -0.939. The Morgan fingerprint density at radius 3 is 1.88 bits per heavy atom. The van der Waals surface area contributed by atoms with Gasteiger partial charge in [-0.3, -0.25) is 14.9 Å². The lowest BCUT2D eigenvalue weighted by Crippen LogP contribution is -2.63. The molecule has 0 aliphatic carbocycles. The summed E-state index contributed by atoms with van der Waals surface area (Å²) >= 11 is 0. The number of aliphatic hydroxyl groups is 1. The van der Waals surface area contributed by atoms with Crippen LogP contribution in [0.1, 0.15) is 72.1 Å². The zero-order valence-electron chi connectivity index (χ0n) is 31.9. The van der Waals surface area contributed by atoms with Crippen LogP contribution in [0.15, 0.2) is 72.8 Å². The SMILES string of the molecule is COc1ccc(CN[C@@H](C(=O)[C@H](NCc2ccc(OC)cc2O)C(C)C)[C@H](O)[C@H](Cc2ccccc2)N[C@@H](C(=O)OC(C)(C)C)C(C)(C)C)cc1. The number of methoxy groups -OCH3 is 2. The second kappa shape index (κ2) is 18.5. The van der Waals surface area contributed by atoms with Gasteiger partial charge in [0.25, 0.3) is 0 Å². The van der Waals surface area contributed by atoms with Gasteiger partial charge in [0, 0.05) is 30.8 Å². The van der Waals surface area contributed by atoms with E-state index in [1.165, 1.54) is 13.2 Å². The summed E-state index contributed by atoms with van der Waals surface area (Å²) in [5, 5.41) is 33.2. The molecule has 0 aliphatic heterocycles. The van der Waals surface area contributed by atoms with Gasteiger partial charge in [0.05, 0.1) is 32.4 Å². The fraction of sp³-hybridized carbons (Fsp3) is 0.512. The Morgan fingerprint density at radius 2 is 1.35 bits per heavy atom. The van der Waals surface area contributed by atoms with Gasteiger partial charge in [0.2, 0.25) is 0 Å². The first-order valence-corrected chi connectivity index (χ1v) is 17.6. The highest BCUT2D eigenvalue weighted by Crippen LogP contribution is 2.26. The molecular formula is C41H59N3O7. The molecule has 0 unspecified atom stereocenters. The van der Waals surface area contributed by atoms with Crippen LogP contribution in [-0.2, 0) is 33.8 Å². The van der Waals surface area contributed by atoms with Crippen molar-refractivity contribution in [1.29, 1.82) is 0 Å². The number of hydrogen-bond acceptors (Lipinski definition) is 10. The number of esters is 1. The molecule has 0 bridgehead atoms. The Labute approximate surface area is 304 Å². The second-order valence-corrected chi connectivity index (χ2v) is 15.5. The third kappa shape index (κ3) is 12.6. The summed E-state index contributed by atoms with van der Waals surface area (Å²) in [4.78, 5) is 28.4. The summed E-state index contributed by atoms with van der Waals surface area (Å²) in [6.45, 7) is 15.7. The van der Waals surface area contributed by atoms with E-state index in [9.17, 15) is 19.8 Å². The fourth-order valence-electron chi connectivity index (χ4n) is 5.88. The van der Waals surface area contributed by atoms with Crippen LogP contribution in [0.3, 0.4) is 0 Å². The van der Waals surface area contributed by atoms with Crippen LogP contribution in [0.5, 0.6) is 17.2 Å². The van der Waals surface area contributed by atoms with Crippen molar-refractivity contribution in [2.24, 2.45) is 11.3 Å². The molecule has 0 spiro atoms. The van der Waals surface area contributed by atoms with E-state index in [0.717, 1.165) is 11.1 Å². The first kappa shape index (κ1) is 41.5. The summed E-state index contributed by atoms with van der Waals surface area (Å²) in [7, 11) is 3.13. The van der Waals surface area contributed by atoms with Crippen molar-refractivity contribution in [3.8, 4) is 17.2 Å². The van der Waals surface area contributed by atoms with E-state index in [1.54, 1.807) is 19.2 Å². The number of aliphatic hydroxyl groups excluding tert-OH is 1. The Kier molecular flexibility index (Phi) is 15.0. The summed E-state index contributed by atoms with van der Waals surface area (Å²) in [5.41, 5.74) is 1.12. The lowest BCUT2D eigenvalue weighted by molar-refractivity contribution is -0.161. The fourth-order valence-corrected chi connectivity index (χ4v) is 5.88. The molecule has 10 heteroatoms. The molecule has 0 aromatic heterocycles. The van der Waals surface area contributed by atoms with Crippen molar-refractivity contribution in [3.63, 3.8) is 0 Å². The molecule has 3 aromatic carbocycles. The molecule has 10 nitrogen and oxygen atoms in total. The molecule has 51 heavy (non-hydrogen) atoms. The van der Waals surface area contributed by atoms with Gasteiger partial charge in [-0.25, -0.2) is 0 Å². The first-order chi connectivity index (χ1) is 23.9. The number of ether oxygens (including phenoxy) is 3. The second-order valence-electron chi connectivity index (χ2n) is 15.5. The zero-order chi connectivity index (χ0) is 37.9. The van der Waals surface area contributed by atoms with Gasteiger partial charge in [-0.15, -0.1) is 0 Å². The predicted octanol–water partition coefficient (Wildman–Crippen LogP) is 5.57. The van der Waals surface area contributed by atoms with Crippen molar-refractivity contribution >= 4 is 11.8 Å². The minimum Gasteiger partial charge on any atom is -0.507 e. The number of benzene rings is 3.